The van der Waals surface area contributed by atoms with Gasteiger partial charge in [-0.15, -0.1) is 0 Å². The molecule has 1 N–H and O–H groups in total. The lowest BCUT2D eigenvalue weighted by Crippen LogP contribution is -2.35. The average molecular weight is 241 g/mol. The Morgan fingerprint density at radius 1 is 1.50 bits per heavy atom. The lowest BCUT2D eigenvalue weighted by Gasteiger charge is -2.22. The Bertz CT molecular complexity index is 334. The molecular weight excluding hydrogens is 222 g/mol. The van der Waals surface area contributed by atoms with Gasteiger partial charge in [-0.2, -0.15) is 16.7 Å². The Morgan fingerprint density at radius 2 is 2.31 bits per heavy atom. The molecule has 0 bridgehead atoms. The smallest absolute Gasteiger partial charge is 0.244 e. The lowest BCUT2D eigenvalue weighted by atomic mass is 10.0. The molecule has 2 rings (SSSR count). The molecule has 16 heavy (non-hydrogen) atoms. The SMILES string of the molecule is Cc1noc(C(NC2CCSC2)C(C)C)n1. The first-order valence-corrected chi connectivity index (χ1v) is 6.96. The Kier molecular flexibility index (Phi) is 3.86. The first-order chi connectivity index (χ1) is 7.66. The quantitative estimate of drug-likeness (QED) is 0.875. The maximum atomic E-state index is 5.27. The zero-order valence-electron chi connectivity index (χ0n) is 10.1. The van der Waals surface area contributed by atoms with Crippen molar-refractivity contribution >= 4 is 11.8 Å². The number of nitrogens with zero attached hydrogens (tertiary/aromatic N) is 2. The zero-order valence-corrected chi connectivity index (χ0v) is 10.9. The second-order valence-corrected chi connectivity index (χ2v) is 5.78. The van der Waals surface area contributed by atoms with Crippen LogP contribution in [-0.4, -0.2) is 27.7 Å². The molecule has 4 nitrogen and oxygen atoms in total. The van der Waals surface area contributed by atoms with Crippen molar-refractivity contribution in [3.63, 3.8) is 0 Å². The second-order valence-electron chi connectivity index (χ2n) is 4.63. The fourth-order valence-corrected chi connectivity index (χ4v) is 3.07. The van der Waals surface area contributed by atoms with Crippen LogP contribution >= 0.6 is 11.8 Å². The average Bonchev–Trinajstić information content (AvgIpc) is 2.84. The van der Waals surface area contributed by atoms with Gasteiger partial charge in [-0.3, -0.25) is 0 Å². The molecule has 0 aromatic carbocycles. The summed E-state index contributed by atoms with van der Waals surface area (Å²) in [5, 5.41) is 7.49. The number of nitrogens with one attached hydrogen (secondary N) is 1. The summed E-state index contributed by atoms with van der Waals surface area (Å²) in [4.78, 5) is 4.33. The zero-order chi connectivity index (χ0) is 11.5. The molecule has 0 aliphatic carbocycles. The minimum atomic E-state index is 0.185. The highest BCUT2D eigenvalue weighted by Crippen LogP contribution is 2.25. The van der Waals surface area contributed by atoms with Crippen LogP contribution in [0.2, 0.25) is 0 Å². The summed E-state index contributed by atoms with van der Waals surface area (Å²) >= 11 is 2.01. The van der Waals surface area contributed by atoms with Gasteiger partial charge in [0.05, 0.1) is 6.04 Å². The molecule has 1 aromatic heterocycles. The summed E-state index contributed by atoms with van der Waals surface area (Å²) in [6, 6.07) is 0.773. The van der Waals surface area contributed by atoms with Gasteiger partial charge < -0.3 is 9.84 Å². The Morgan fingerprint density at radius 3 is 2.81 bits per heavy atom. The van der Waals surface area contributed by atoms with E-state index in [2.05, 4.69) is 29.3 Å². The van der Waals surface area contributed by atoms with Crippen LogP contribution in [-0.2, 0) is 0 Å². The molecule has 2 atom stereocenters. The monoisotopic (exact) mass is 241 g/mol. The summed E-state index contributed by atoms with van der Waals surface area (Å²) < 4.78 is 5.27. The van der Waals surface area contributed by atoms with E-state index in [1.54, 1.807) is 0 Å². The van der Waals surface area contributed by atoms with Crippen LogP contribution < -0.4 is 5.32 Å². The number of thioether (sulfide) groups is 1. The van der Waals surface area contributed by atoms with Crippen molar-refractivity contribution in [2.45, 2.75) is 39.3 Å². The Labute approximate surface area is 101 Å². The highest BCUT2D eigenvalue weighted by molar-refractivity contribution is 7.99. The van der Waals surface area contributed by atoms with E-state index in [-0.39, 0.29) is 6.04 Å². The number of hydrogen-bond acceptors (Lipinski definition) is 5. The van der Waals surface area contributed by atoms with Crippen molar-refractivity contribution < 1.29 is 4.52 Å². The van der Waals surface area contributed by atoms with Crippen LogP contribution in [0.15, 0.2) is 4.52 Å². The summed E-state index contributed by atoms with van der Waals surface area (Å²) in [7, 11) is 0. The van der Waals surface area contributed by atoms with E-state index in [1.165, 1.54) is 17.9 Å². The van der Waals surface area contributed by atoms with Crippen LogP contribution in [0.5, 0.6) is 0 Å². The molecule has 0 saturated carbocycles. The highest BCUT2D eigenvalue weighted by Gasteiger charge is 2.26. The van der Waals surface area contributed by atoms with E-state index in [1.807, 2.05) is 18.7 Å². The van der Waals surface area contributed by atoms with Crippen molar-refractivity contribution in [3.8, 4) is 0 Å². The van der Waals surface area contributed by atoms with E-state index >= 15 is 0 Å². The molecule has 2 heterocycles. The Balaban J connectivity index is 2.04. The first kappa shape index (κ1) is 11.9. The van der Waals surface area contributed by atoms with Crippen molar-refractivity contribution in [1.82, 2.24) is 15.5 Å². The molecule has 0 amide bonds. The fourth-order valence-electron chi connectivity index (χ4n) is 1.91. The molecular formula is C11H19N3OS. The molecule has 1 aromatic rings. The summed E-state index contributed by atoms with van der Waals surface area (Å²) in [5.74, 6) is 4.35. The van der Waals surface area contributed by atoms with E-state index in [0.29, 0.717) is 17.8 Å². The third-order valence-electron chi connectivity index (χ3n) is 2.82. The van der Waals surface area contributed by atoms with E-state index in [9.17, 15) is 0 Å². The molecule has 5 heteroatoms. The summed E-state index contributed by atoms with van der Waals surface area (Å²) in [6.45, 7) is 6.22. The number of rotatable bonds is 4. The predicted molar refractivity (Wildman–Crippen MR) is 65.5 cm³/mol. The van der Waals surface area contributed by atoms with Gasteiger partial charge in [-0.1, -0.05) is 19.0 Å². The minimum Gasteiger partial charge on any atom is -0.338 e. The van der Waals surface area contributed by atoms with Gasteiger partial charge in [0.2, 0.25) is 5.89 Å². The van der Waals surface area contributed by atoms with Gasteiger partial charge in [0.15, 0.2) is 5.82 Å². The number of aromatic nitrogens is 2. The van der Waals surface area contributed by atoms with Gasteiger partial charge in [0.1, 0.15) is 0 Å². The van der Waals surface area contributed by atoms with Crippen LogP contribution in [0.3, 0.4) is 0 Å². The van der Waals surface area contributed by atoms with Gasteiger partial charge >= 0.3 is 0 Å². The molecule has 0 spiro atoms. The van der Waals surface area contributed by atoms with Crippen LogP contribution in [0, 0.1) is 12.8 Å². The Hall–Kier alpha value is -0.550. The minimum absolute atomic E-state index is 0.185. The molecule has 1 fully saturated rings. The molecule has 90 valence electrons. The van der Waals surface area contributed by atoms with Crippen LogP contribution in [0.1, 0.15) is 38.0 Å². The van der Waals surface area contributed by atoms with Crippen molar-refractivity contribution in [1.29, 1.82) is 0 Å². The summed E-state index contributed by atoms with van der Waals surface area (Å²) in [5.41, 5.74) is 0. The van der Waals surface area contributed by atoms with Gasteiger partial charge in [-0.05, 0) is 25.0 Å². The van der Waals surface area contributed by atoms with E-state index in [0.717, 1.165) is 5.89 Å². The van der Waals surface area contributed by atoms with E-state index < -0.39 is 0 Å². The largest absolute Gasteiger partial charge is 0.338 e. The third-order valence-corrected chi connectivity index (χ3v) is 3.98. The molecule has 2 unspecified atom stereocenters. The first-order valence-electron chi connectivity index (χ1n) is 5.81. The predicted octanol–water partition coefficient (Wildman–Crippen LogP) is 2.17. The lowest BCUT2D eigenvalue weighted by molar-refractivity contribution is 0.273. The van der Waals surface area contributed by atoms with Crippen LogP contribution in [0.25, 0.3) is 0 Å². The molecule has 1 saturated heterocycles. The second kappa shape index (κ2) is 5.19. The highest BCUT2D eigenvalue weighted by atomic mass is 32.2. The summed E-state index contributed by atoms with van der Waals surface area (Å²) in [6.07, 6.45) is 1.24. The van der Waals surface area contributed by atoms with Crippen LogP contribution in [0.4, 0.5) is 0 Å². The maximum absolute atomic E-state index is 5.27. The third kappa shape index (κ3) is 2.77. The van der Waals surface area contributed by atoms with Crippen molar-refractivity contribution in [2.75, 3.05) is 11.5 Å². The van der Waals surface area contributed by atoms with Crippen molar-refractivity contribution in [2.24, 2.45) is 5.92 Å². The molecule has 0 radical (unpaired) electrons. The van der Waals surface area contributed by atoms with Gasteiger partial charge in [-0.25, -0.2) is 0 Å². The van der Waals surface area contributed by atoms with Gasteiger partial charge in [0.25, 0.3) is 0 Å². The topological polar surface area (TPSA) is 51.0 Å². The molecule has 1 aliphatic heterocycles. The maximum Gasteiger partial charge on any atom is 0.244 e. The number of hydrogen-bond donors (Lipinski definition) is 1. The fraction of sp³-hybridized carbons (Fsp3) is 0.818. The number of aryl methyl sites for hydroxylation is 1. The van der Waals surface area contributed by atoms with Crippen molar-refractivity contribution in [3.05, 3.63) is 11.7 Å². The standard InChI is InChI=1S/C11H19N3OS/c1-7(2)10(11-12-8(3)14-15-11)13-9-4-5-16-6-9/h7,9-10,13H,4-6H2,1-3H3. The van der Waals surface area contributed by atoms with Gasteiger partial charge in [0, 0.05) is 11.8 Å². The molecule has 1 aliphatic rings. The normalized spacial score (nSPS) is 22.9. The van der Waals surface area contributed by atoms with E-state index in [4.69, 9.17) is 4.52 Å².